The molecular formula is C21H15N3O4S. The second kappa shape index (κ2) is 6.82. The zero-order valence-corrected chi connectivity index (χ0v) is 16.2. The summed E-state index contributed by atoms with van der Waals surface area (Å²) in [5.74, 6) is 0.287. The number of amides is 1. The average Bonchev–Trinajstić information content (AvgIpc) is 3.36. The molecule has 1 aliphatic rings. The molecule has 1 aliphatic heterocycles. The molecule has 1 atom stereocenters. The maximum atomic E-state index is 13.4. The van der Waals surface area contributed by atoms with Gasteiger partial charge in [0.25, 0.3) is 5.91 Å². The highest BCUT2D eigenvalue weighted by Gasteiger charge is 2.45. The molecular weight excluding hydrogens is 390 g/mol. The fraction of sp³-hybridized carbons (Fsp3) is 0.143. The van der Waals surface area contributed by atoms with Gasteiger partial charge in [0.05, 0.1) is 23.6 Å². The van der Waals surface area contributed by atoms with Crippen LogP contribution in [0.4, 0.5) is 5.13 Å². The maximum Gasteiger partial charge on any atom is 0.297 e. The largest absolute Gasteiger partial charge is 0.494 e. The van der Waals surface area contributed by atoms with Crippen LogP contribution in [0.2, 0.25) is 0 Å². The van der Waals surface area contributed by atoms with E-state index in [9.17, 15) is 9.59 Å². The Kier molecular flexibility index (Phi) is 4.13. The van der Waals surface area contributed by atoms with Crippen molar-refractivity contribution in [2.24, 2.45) is 0 Å². The molecule has 5 rings (SSSR count). The summed E-state index contributed by atoms with van der Waals surface area (Å²) in [7, 11) is 0. The predicted octanol–water partition coefficient (Wildman–Crippen LogP) is 3.79. The van der Waals surface area contributed by atoms with E-state index in [-0.39, 0.29) is 11.2 Å². The van der Waals surface area contributed by atoms with Crippen molar-refractivity contribution in [2.45, 2.75) is 13.0 Å². The van der Waals surface area contributed by atoms with Crippen molar-refractivity contribution < 1.29 is 13.9 Å². The Morgan fingerprint density at radius 1 is 1.17 bits per heavy atom. The van der Waals surface area contributed by atoms with E-state index >= 15 is 0 Å². The minimum Gasteiger partial charge on any atom is -0.494 e. The highest BCUT2D eigenvalue weighted by atomic mass is 32.1. The molecule has 0 saturated heterocycles. The van der Waals surface area contributed by atoms with Gasteiger partial charge in [-0.2, -0.15) is 0 Å². The fourth-order valence-electron chi connectivity index (χ4n) is 3.65. The Hall–Kier alpha value is -3.52. The average molecular weight is 405 g/mol. The normalized spacial score (nSPS) is 15.7. The summed E-state index contributed by atoms with van der Waals surface area (Å²) >= 11 is 1.23. The van der Waals surface area contributed by atoms with Gasteiger partial charge in [-0.1, -0.05) is 35.6 Å². The summed E-state index contributed by atoms with van der Waals surface area (Å²) in [5.41, 5.74) is 2.74. The molecule has 0 fully saturated rings. The van der Waals surface area contributed by atoms with E-state index in [1.807, 2.05) is 31.2 Å². The number of nitrogens with zero attached hydrogens (tertiary/aromatic N) is 3. The van der Waals surface area contributed by atoms with E-state index < -0.39 is 11.9 Å². The van der Waals surface area contributed by atoms with Crippen molar-refractivity contribution >= 4 is 33.3 Å². The Morgan fingerprint density at radius 2 is 2.03 bits per heavy atom. The van der Waals surface area contributed by atoms with Crippen molar-refractivity contribution in [1.82, 2.24) is 10.2 Å². The van der Waals surface area contributed by atoms with Crippen LogP contribution in [0.25, 0.3) is 11.0 Å². The second-order valence-corrected chi connectivity index (χ2v) is 7.29. The first-order valence-electron chi connectivity index (χ1n) is 9.07. The molecule has 0 saturated carbocycles. The number of ether oxygens (including phenoxy) is 1. The molecule has 1 amide bonds. The number of para-hydroxylation sites is 1. The van der Waals surface area contributed by atoms with Gasteiger partial charge >= 0.3 is 0 Å². The minimum atomic E-state index is -0.674. The van der Waals surface area contributed by atoms with Gasteiger partial charge < -0.3 is 9.15 Å². The van der Waals surface area contributed by atoms with Gasteiger partial charge in [0.1, 0.15) is 16.8 Å². The number of carbonyl (C=O) groups is 1. The first kappa shape index (κ1) is 17.6. The van der Waals surface area contributed by atoms with Crippen LogP contribution in [0.15, 0.2) is 63.3 Å². The SMILES string of the molecule is CCOc1cccc(C2c3c(oc4ccccc4c3=O)C(=O)N2c2nncs2)c1. The zero-order valence-electron chi connectivity index (χ0n) is 15.4. The lowest BCUT2D eigenvalue weighted by molar-refractivity contribution is 0.0970. The molecule has 0 aliphatic carbocycles. The molecule has 0 spiro atoms. The van der Waals surface area contributed by atoms with Gasteiger partial charge in [0.2, 0.25) is 10.9 Å². The van der Waals surface area contributed by atoms with E-state index in [0.717, 1.165) is 5.56 Å². The lowest BCUT2D eigenvalue weighted by Crippen LogP contribution is -2.29. The Morgan fingerprint density at radius 3 is 2.83 bits per heavy atom. The van der Waals surface area contributed by atoms with Crippen LogP contribution in [0, 0.1) is 0 Å². The van der Waals surface area contributed by atoms with Gasteiger partial charge in [0.15, 0.2) is 5.43 Å². The van der Waals surface area contributed by atoms with Gasteiger partial charge in [-0.15, -0.1) is 10.2 Å². The zero-order chi connectivity index (χ0) is 20.0. The summed E-state index contributed by atoms with van der Waals surface area (Å²) in [6, 6.07) is 13.6. The van der Waals surface area contributed by atoms with Crippen LogP contribution >= 0.6 is 11.3 Å². The van der Waals surface area contributed by atoms with E-state index in [4.69, 9.17) is 9.15 Å². The third kappa shape index (κ3) is 2.72. The summed E-state index contributed by atoms with van der Waals surface area (Å²) in [4.78, 5) is 28.1. The number of benzene rings is 2. The number of hydrogen-bond acceptors (Lipinski definition) is 7. The molecule has 8 heteroatoms. The minimum absolute atomic E-state index is 0.0377. The van der Waals surface area contributed by atoms with Crippen LogP contribution in [0.1, 0.15) is 34.6 Å². The van der Waals surface area contributed by atoms with Crippen LogP contribution in [-0.4, -0.2) is 22.7 Å². The first-order chi connectivity index (χ1) is 14.2. The van der Waals surface area contributed by atoms with E-state index in [0.29, 0.717) is 34.0 Å². The number of carbonyl (C=O) groups excluding carboxylic acids is 1. The summed E-state index contributed by atoms with van der Waals surface area (Å²) in [5, 5.41) is 8.76. The number of anilines is 1. The van der Waals surface area contributed by atoms with Crippen molar-refractivity contribution in [3.8, 4) is 5.75 Å². The first-order valence-corrected chi connectivity index (χ1v) is 9.95. The summed E-state index contributed by atoms with van der Waals surface area (Å²) < 4.78 is 11.5. The third-order valence-electron chi connectivity index (χ3n) is 4.82. The molecule has 4 aromatic rings. The lowest BCUT2D eigenvalue weighted by atomic mass is 9.98. The number of aromatic nitrogens is 2. The number of hydrogen-bond donors (Lipinski definition) is 0. The molecule has 0 bridgehead atoms. The maximum absolute atomic E-state index is 13.4. The van der Waals surface area contributed by atoms with Crippen molar-refractivity contribution in [2.75, 3.05) is 11.5 Å². The summed E-state index contributed by atoms with van der Waals surface area (Å²) in [6.07, 6.45) is 0. The van der Waals surface area contributed by atoms with Crippen LogP contribution in [0.5, 0.6) is 5.75 Å². The van der Waals surface area contributed by atoms with Crippen molar-refractivity contribution in [3.63, 3.8) is 0 Å². The Balaban J connectivity index is 1.79. The van der Waals surface area contributed by atoms with E-state index in [2.05, 4.69) is 10.2 Å². The van der Waals surface area contributed by atoms with Crippen molar-refractivity contribution in [1.29, 1.82) is 0 Å². The van der Waals surface area contributed by atoms with Crippen LogP contribution < -0.4 is 15.1 Å². The fourth-order valence-corrected chi connectivity index (χ4v) is 4.23. The van der Waals surface area contributed by atoms with E-state index in [1.54, 1.807) is 29.8 Å². The smallest absolute Gasteiger partial charge is 0.297 e. The monoisotopic (exact) mass is 405 g/mol. The standard InChI is InChI=1S/C21H15N3O4S/c1-2-27-13-7-5-6-12(10-13)17-16-18(25)14-8-3-4-9-15(14)28-19(16)20(26)24(17)21-23-22-11-29-21/h3-11,17H,2H2,1H3. The molecule has 3 heterocycles. The van der Waals surface area contributed by atoms with Gasteiger partial charge in [0, 0.05) is 0 Å². The molecule has 1 unspecified atom stereocenters. The number of rotatable bonds is 4. The molecule has 7 nitrogen and oxygen atoms in total. The third-order valence-corrected chi connectivity index (χ3v) is 5.51. The Bertz CT molecular complexity index is 1280. The molecule has 2 aromatic heterocycles. The van der Waals surface area contributed by atoms with Crippen molar-refractivity contribution in [3.05, 3.63) is 81.2 Å². The molecule has 144 valence electrons. The highest BCUT2D eigenvalue weighted by Crippen LogP contribution is 2.42. The van der Waals surface area contributed by atoms with Gasteiger partial charge in [-0.05, 0) is 36.8 Å². The second-order valence-electron chi connectivity index (χ2n) is 6.47. The molecule has 2 aromatic carbocycles. The number of fused-ring (bicyclic) bond motifs is 2. The molecule has 0 N–H and O–H groups in total. The molecule has 29 heavy (non-hydrogen) atoms. The lowest BCUT2D eigenvalue weighted by Gasteiger charge is -2.22. The van der Waals surface area contributed by atoms with Gasteiger partial charge in [-0.25, -0.2) is 0 Å². The highest BCUT2D eigenvalue weighted by molar-refractivity contribution is 7.13. The quantitative estimate of drug-likeness (QED) is 0.513. The topological polar surface area (TPSA) is 85.5 Å². The van der Waals surface area contributed by atoms with E-state index in [1.165, 1.54) is 16.2 Å². The van der Waals surface area contributed by atoms with Gasteiger partial charge in [-0.3, -0.25) is 14.5 Å². The Labute approximate surface area is 169 Å². The molecule has 0 radical (unpaired) electrons. The summed E-state index contributed by atoms with van der Waals surface area (Å²) in [6.45, 7) is 2.41. The van der Waals surface area contributed by atoms with Crippen LogP contribution in [0.3, 0.4) is 0 Å². The predicted molar refractivity (Wildman–Crippen MR) is 109 cm³/mol. The van der Waals surface area contributed by atoms with Crippen LogP contribution in [-0.2, 0) is 0 Å².